The molecule has 1 aliphatic rings. The summed E-state index contributed by atoms with van der Waals surface area (Å²) >= 11 is 0. The van der Waals surface area contributed by atoms with Gasteiger partial charge in [-0.2, -0.15) is 0 Å². The van der Waals surface area contributed by atoms with E-state index in [0.29, 0.717) is 13.0 Å². The lowest BCUT2D eigenvalue weighted by atomic mass is 9.87. The maximum Gasteiger partial charge on any atom is 0.303 e. The van der Waals surface area contributed by atoms with E-state index in [9.17, 15) is 4.79 Å². The number of hydrogen-bond donors (Lipinski definition) is 1. The highest BCUT2D eigenvalue weighted by atomic mass is 16.7. The first-order valence-electron chi connectivity index (χ1n) is 5.28. The van der Waals surface area contributed by atoms with Crippen molar-refractivity contribution in [3.63, 3.8) is 0 Å². The molecule has 4 heteroatoms. The molecule has 1 rings (SSSR count). The summed E-state index contributed by atoms with van der Waals surface area (Å²) in [7, 11) is 0. The number of carbonyl (C=O) groups is 1. The van der Waals surface area contributed by atoms with E-state index in [2.05, 4.69) is 0 Å². The lowest BCUT2D eigenvalue weighted by Gasteiger charge is -2.36. The lowest BCUT2D eigenvalue weighted by molar-refractivity contribution is -0.218. The maximum atomic E-state index is 10.4. The second-order valence-electron chi connectivity index (χ2n) is 5.18. The standard InChI is InChI=1S/C11H20O4/c1-10(2,3)11(4)14-7-8(15-11)5-6-9(12)13/h8H,5-7H2,1-4H3,(H,12,13). The lowest BCUT2D eigenvalue weighted by Crippen LogP contribution is -2.41. The van der Waals surface area contributed by atoms with Crippen LogP contribution in [0.2, 0.25) is 0 Å². The Balaban J connectivity index is 2.48. The van der Waals surface area contributed by atoms with E-state index in [-0.39, 0.29) is 17.9 Å². The second kappa shape index (κ2) is 4.10. The molecule has 4 nitrogen and oxygen atoms in total. The SMILES string of the molecule is CC(C)(C)C1(C)OCC(CCC(=O)O)O1. The molecule has 88 valence electrons. The monoisotopic (exact) mass is 216 g/mol. The molecule has 2 unspecified atom stereocenters. The predicted octanol–water partition coefficient (Wildman–Crippen LogP) is 2.03. The molecule has 0 saturated carbocycles. The minimum Gasteiger partial charge on any atom is -0.481 e. The van der Waals surface area contributed by atoms with Gasteiger partial charge in [0.05, 0.1) is 12.7 Å². The first-order chi connectivity index (χ1) is 6.74. The Morgan fingerprint density at radius 3 is 2.53 bits per heavy atom. The van der Waals surface area contributed by atoms with Gasteiger partial charge in [-0.3, -0.25) is 4.79 Å². The average Bonchev–Trinajstić information content (AvgIpc) is 2.44. The van der Waals surface area contributed by atoms with E-state index in [4.69, 9.17) is 14.6 Å². The van der Waals surface area contributed by atoms with Gasteiger partial charge in [0.25, 0.3) is 0 Å². The fraction of sp³-hybridized carbons (Fsp3) is 0.909. The van der Waals surface area contributed by atoms with Gasteiger partial charge >= 0.3 is 5.97 Å². The van der Waals surface area contributed by atoms with Gasteiger partial charge in [0.15, 0.2) is 5.79 Å². The fourth-order valence-corrected chi connectivity index (χ4v) is 1.46. The highest BCUT2D eigenvalue weighted by Gasteiger charge is 2.46. The van der Waals surface area contributed by atoms with Crippen LogP contribution in [0.25, 0.3) is 0 Å². The molecule has 1 fully saturated rings. The van der Waals surface area contributed by atoms with E-state index in [0.717, 1.165) is 0 Å². The van der Waals surface area contributed by atoms with Crippen LogP contribution in [0.15, 0.2) is 0 Å². The summed E-state index contributed by atoms with van der Waals surface area (Å²) in [5, 5.41) is 8.57. The van der Waals surface area contributed by atoms with E-state index >= 15 is 0 Å². The smallest absolute Gasteiger partial charge is 0.303 e. The van der Waals surface area contributed by atoms with Gasteiger partial charge in [0.2, 0.25) is 0 Å². The summed E-state index contributed by atoms with van der Waals surface area (Å²) in [6.07, 6.45) is 0.556. The quantitative estimate of drug-likeness (QED) is 0.784. The van der Waals surface area contributed by atoms with Crippen LogP contribution in [-0.4, -0.2) is 29.6 Å². The number of rotatable bonds is 3. The normalized spacial score (nSPS) is 31.9. The molecule has 0 spiro atoms. The van der Waals surface area contributed by atoms with Gasteiger partial charge in [-0.05, 0) is 13.3 Å². The van der Waals surface area contributed by atoms with Crippen LogP contribution in [0.1, 0.15) is 40.5 Å². The highest BCUT2D eigenvalue weighted by Crippen LogP contribution is 2.40. The van der Waals surface area contributed by atoms with Crippen LogP contribution in [0, 0.1) is 5.41 Å². The largest absolute Gasteiger partial charge is 0.481 e. The fourth-order valence-electron chi connectivity index (χ4n) is 1.46. The molecule has 0 aromatic carbocycles. The third-order valence-electron chi connectivity index (χ3n) is 2.98. The van der Waals surface area contributed by atoms with Gasteiger partial charge in [-0.25, -0.2) is 0 Å². The Morgan fingerprint density at radius 1 is 1.53 bits per heavy atom. The van der Waals surface area contributed by atoms with Crippen molar-refractivity contribution in [2.24, 2.45) is 5.41 Å². The number of hydrogen-bond acceptors (Lipinski definition) is 3. The predicted molar refractivity (Wildman–Crippen MR) is 55.6 cm³/mol. The topological polar surface area (TPSA) is 55.8 Å². The molecular formula is C11H20O4. The number of carboxylic acids is 1. The van der Waals surface area contributed by atoms with Crippen molar-refractivity contribution in [1.29, 1.82) is 0 Å². The van der Waals surface area contributed by atoms with Crippen molar-refractivity contribution in [2.45, 2.75) is 52.4 Å². The maximum absolute atomic E-state index is 10.4. The van der Waals surface area contributed by atoms with Crippen molar-refractivity contribution in [2.75, 3.05) is 6.61 Å². The van der Waals surface area contributed by atoms with Gasteiger partial charge in [-0.15, -0.1) is 0 Å². The zero-order valence-corrected chi connectivity index (χ0v) is 9.87. The molecule has 15 heavy (non-hydrogen) atoms. The van der Waals surface area contributed by atoms with E-state index < -0.39 is 11.8 Å². The van der Waals surface area contributed by atoms with E-state index in [1.807, 2.05) is 27.7 Å². The van der Waals surface area contributed by atoms with E-state index in [1.165, 1.54) is 0 Å². The molecule has 0 aliphatic carbocycles. The zero-order valence-electron chi connectivity index (χ0n) is 9.87. The first-order valence-corrected chi connectivity index (χ1v) is 5.28. The number of ether oxygens (including phenoxy) is 2. The van der Waals surface area contributed by atoms with Crippen LogP contribution in [0.5, 0.6) is 0 Å². The highest BCUT2D eigenvalue weighted by molar-refractivity contribution is 5.66. The second-order valence-corrected chi connectivity index (χ2v) is 5.18. The van der Waals surface area contributed by atoms with Gasteiger partial charge in [0.1, 0.15) is 0 Å². The Labute approximate surface area is 90.6 Å². The molecule has 2 atom stereocenters. The molecule has 0 bridgehead atoms. The van der Waals surface area contributed by atoms with Gasteiger partial charge in [-0.1, -0.05) is 20.8 Å². The van der Waals surface area contributed by atoms with Crippen LogP contribution in [0.4, 0.5) is 0 Å². The molecule has 0 aromatic rings. The minimum atomic E-state index is -0.789. The van der Waals surface area contributed by atoms with Crippen LogP contribution < -0.4 is 0 Å². The number of aliphatic carboxylic acids is 1. The third kappa shape index (κ3) is 2.92. The Bertz CT molecular complexity index is 243. The Hall–Kier alpha value is -0.610. The Morgan fingerprint density at radius 2 is 2.13 bits per heavy atom. The molecular weight excluding hydrogens is 196 g/mol. The molecule has 0 amide bonds. The van der Waals surface area contributed by atoms with Crippen molar-refractivity contribution in [3.05, 3.63) is 0 Å². The minimum absolute atomic E-state index is 0.0923. The number of carboxylic acid groups (broad SMARTS) is 1. The first kappa shape index (κ1) is 12.5. The third-order valence-corrected chi connectivity index (χ3v) is 2.98. The summed E-state index contributed by atoms with van der Waals surface area (Å²) in [6.45, 7) is 8.54. The average molecular weight is 216 g/mol. The molecule has 0 radical (unpaired) electrons. The van der Waals surface area contributed by atoms with Crippen LogP contribution >= 0.6 is 0 Å². The van der Waals surface area contributed by atoms with Crippen molar-refractivity contribution >= 4 is 5.97 Å². The van der Waals surface area contributed by atoms with Crippen LogP contribution in [0.3, 0.4) is 0 Å². The van der Waals surface area contributed by atoms with E-state index in [1.54, 1.807) is 0 Å². The molecule has 1 aliphatic heterocycles. The van der Waals surface area contributed by atoms with Gasteiger partial charge in [0, 0.05) is 11.8 Å². The Kier molecular flexibility index (Phi) is 3.41. The summed E-state index contributed by atoms with van der Waals surface area (Å²) in [5.41, 5.74) is -0.106. The van der Waals surface area contributed by atoms with Crippen molar-refractivity contribution < 1.29 is 19.4 Å². The molecule has 1 heterocycles. The zero-order chi connectivity index (χ0) is 11.7. The molecule has 1 saturated heterocycles. The summed E-state index contributed by atoms with van der Waals surface area (Å²) in [5.74, 6) is -1.39. The summed E-state index contributed by atoms with van der Waals surface area (Å²) in [4.78, 5) is 10.4. The van der Waals surface area contributed by atoms with Gasteiger partial charge < -0.3 is 14.6 Å². The van der Waals surface area contributed by atoms with Crippen molar-refractivity contribution in [1.82, 2.24) is 0 Å². The summed E-state index contributed by atoms with van der Waals surface area (Å²) in [6, 6.07) is 0. The molecule has 1 N–H and O–H groups in total. The van der Waals surface area contributed by atoms with Crippen LogP contribution in [-0.2, 0) is 14.3 Å². The van der Waals surface area contributed by atoms with Crippen molar-refractivity contribution in [3.8, 4) is 0 Å². The molecule has 0 aromatic heterocycles. The summed E-state index contributed by atoms with van der Waals surface area (Å²) < 4.78 is 11.4.